The van der Waals surface area contributed by atoms with Crippen LogP contribution < -0.4 is 10.2 Å². The summed E-state index contributed by atoms with van der Waals surface area (Å²) in [6, 6.07) is 4.17. The lowest BCUT2D eigenvalue weighted by Gasteiger charge is -2.40. The molecule has 3 amide bonds. The Kier molecular flexibility index (Phi) is 8.08. The number of carbonyl (C=O) groups excluding carboxylic acids is 3. The number of hydrogen-bond acceptors (Lipinski definition) is 4. The summed E-state index contributed by atoms with van der Waals surface area (Å²) < 4.78 is 5.39. The van der Waals surface area contributed by atoms with Gasteiger partial charge in [-0.2, -0.15) is 0 Å². The summed E-state index contributed by atoms with van der Waals surface area (Å²) in [5.41, 5.74) is 1.75. The van der Waals surface area contributed by atoms with Gasteiger partial charge in [-0.05, 0) is 66.7 Å². The molecule has 3 rings (SSSR count). The van der Waals surface area contributed by atoms with Gasteiger partial charge < -0.3 is 19.9 Å². The van der Waals surface area contributed by atoms with Crippen LogP contribution in [-0.2, 0) is 16.0 Å². The molecule has 8 heteroatoms. The van der Waals surface area contributed by atoms with Crippen LogP contribution in [0.2, 0.25) is 0 Å². The zero-order valence-corrected chi connectivity index (χ0v) is 22.0. The summed E-state index contributed by atoms with van der Waals surface area (Å²) in [5.74, 6) is -0.0214. The first-order valence-corrected chi connectivity index (χ1v) is 12.6. The summed E-state index contributed by atoms with van der Waals surface area (Å²) in [6.45, 7) is 8.54. The molecule has 0 saturated heterocycles. The van der Waals surface area contributed by atoms with Gasteiger partial charge in [-0.25, -0.2) is 4.79 Å². The molecule has 1 aromatic rings. The van der Waals surface area contributed by atoms with E-state index in [0.717, 1.165) is 41.4 Å². The second-order valence-electron chi connectivity index (χ2n) is 9.99. The van der Waals surface area contributed by atoms with Crippen LogP contribution in [0.4, 0.5) is 10.5 Å². The van der Waals surface area contributed by atoms with Crippen molar-refractivity contribution in [3.05, 3.63) is 27.7 Å². The Balaban J connectivity index is 1.96. The van der Waals surface area contributed by atoms with Crippen LogP contribution >= 0.6 is 15.9 Å². The highest BCUT2D eigenvalue weighted by molar-refractivity contribution is 9.10. The molecule has 7 nitrogen and oxygen atoms in total. The van der Waals surface area contributed by atoms with Gasteiger partial charge in [-0.3, -0.25) is 9.59 Å². The molecular formula is C25H36BrN3O4. The average molecular weight is 522 g/mol. The number of benzene rings is 1. The minimum atomic E-state index is -0.574. The predicted molar refractivity (Wildman–Crippen MR) is 133 cm³/mol. The van der Waals surface area contributed by atoms with E-state index >= 15 is 0 Å². The van der Waals surface area contributed by atoms with Crippen molar-refractivity contribution in [2.75, 3.05) is 25.1 Å². The van der Waals surface area contributed by atoms with Crippen LogP contribution in [0.15, 0.2) is 16.6 Å². The largest absolute Gasteiger partial charge is 0.453 e. The molecule has 0 atom stereocenters. The Labute approximate surface area is 205 Å². The molecule has 1 aliphatic carbocycles. The van der Waals surface area contributed by atoms with Crippen LogP contribution in [-0.4, -0.2) is 55.1 Å². The number of nitrogens with one attached hydrogen (secondary N) is 1. The Hall–Kier alpha value is -2.09. The molecule has 0 aromatic heterocycles. The molecule has 1 fully saturated rings. The fraction of sp³-hybridized carbons (Fsp3) is 0.640. The highest BCUT2D eigenvalue weighted by Gasteiger charge is 2.40. The third kappa shape index (κ3) is 5.53. The lowest BCUT2D eigenvalue weighted by molar-refractivity contribution is -0.127. The van der Waals surface area contributed by atoms with Crippen molar-refractivity contribution in [3.63, 3.8) is 0 Å². The molecule has 182 valence electrons. The van der Waals surface area contributed by atoms with Crippen LogP contribution in [0.1, 0.15) is 75.7 Å². The van der Waals surface area contributed by atoms with E-state index in [1.54, 1.807) is 4.90 Å². The molecule has 1 saturated carbocycles. The fourth-order valence-corrected chi connectivity index (χ4v) is 5.63. The number of halogens is 1. The van der Waals surface area contributed by atoms with E-state index < -0.39 is 11.5 Å². The van der Waals surface area contributed by atoms with E-state index in [1.165, 1.54) is 13.5 Å². The van der Waals surface area contributed by atoms with Gasteiger partial charge in [-0.1, -0.05) is 33.1 Å². The van der Waals surface area contributed by atoms with E-state index in [1.807, 2.05) is 30.9 Å². The zero-order chi connectivity index (χ0) is 24.3. The Bertz CT molecular complexity index is 909. The second kappa shape index (κ2) is 10.5. The summed E-state index contributed by atoms with van der Waals surface area (Å²) in [7, 11) is 1.31. The van der Waals surface area contributed by atoms with Gasteiger partial charge in [0, 0.05) is 40.7 Å². The van der Waals surface area contributed by atoms with Gasteiger partial charge >= 0.3 is 6.09 Å². The molecule has 1 aromatic carbocycles. The monoisotopic (exact) mass is 521 g/mol. The van der Waals surface area contributed by atoms with Crippen molar-refractivity contribution in [2.45, 2.75) is 78.3 Å². The van der Waals surface area contributed by atoms with Gasteiger partial charge in [0.1, 0.15) is 0 Å². The topological polar surface area (TPSA) is 79.0 Å². The molecule has 0 spiro atoms. The number of amides is 3. The van der Waals surface area contributed by atoms with Crippen LogP contribution in [0.3, 0.4) is 0 Å². The normalized spacial score (nSPS) is 18.2. The van der Waals surface area contributed by atoms with Crippen LogP contribution in [0, 0.1) is 5.41 Å². The van der Waals surface area contributed by atoms with Crippen molar-refractivity contribution in [1.82, 2.24) is 10.2 Å². The SMILES string of the molecule is COC(=O)NCCN1C(=O)C(C)(C)Cc2cc(Br)c(C(=O)N(C(C)C)C3CCCCC3)cc21. The highest BCUT2D eigenvalue weighted by Crippen LogP contribution is 2.40. The summed E-state index contributed by atoms with van der Waals surface area (Å²) in [4.78, 5) is 42.3. The standard InChI is InChI=1S/C25H36BrN3O4/c1-16(2)29(18-9-7-6-8-10-18)22(30)19-14-21-17(13-20(19)26)15-25(3,4)23(31)28(21)12-11-27-24(32)33-5/h13-14,16,18H,6-12,15H2,1-5H3,(H,27,32). The summed E-state index contributed by atoms with van der Waals surface area (Å²) in [6.07, 6.45) is 5.64. The third-order valence-corrected chi connectivity index (χ3v) is 7.35. The number of anilines is 1. The average Bonchev–Trinajstić information content (AvgIpc) is 2.76. The molecule has 1 N–H and O–H groups in total. The first kappa shape index (κ1) is 25.5. The van der Waals surface area contributed by atoms with Gasteiger partial charge in [0.25, 0.3) is 5.91 Å². The molecular weight excluding hydrogens is 486 g/mol. The third-order valence-electron chi connectivity index (χ3n) is 6.70. The number of alkyl carbamates (subject to hydrolysis) is 1. The molecule has 0 bridgehead atoms. The lowest BCUT2D eigenvalue weighted by Crippen LogP contribution is -2.49. The first-order chi connectivity index (χ1) is 15.6. The Morgan fingerprint density at radius 2 is 1.91 bits per heavy atom. The lowest BCUT2D eigenvalue weighted by atomic mass is 9.80. The van der Waals surface area contributed by atoms with Crippen molar-refractivity contribution in [2.24, 2.45) is 5.41 Å². The van der Waals surface area contributed by atoms with E-state index in [-0.39, 0.29) is 30.4 Å². The van der Waals surface area contributed by atoms with Crippen molar-refractivity contribution < 1.29 is 19.1 Å². The zero-order valence-electron chi connectivity index (χ0n) is 20.4. The maximum atomic E-state index is 13.8. The number of nitrogens with zero attached hydrogens (tertiary/aromatic N) is 2. The van der Waals surface area contributed by atoms with E-state index in [2.05, 4.69) is 39.8 Å². The van der Waals surface area contributed by atoms with Crippen molar-refractivity contribution in [3.8, 4) is 0 Å². The number of rotatable bonds is 6. The summed E-state index contributed by atoms with van der Waals surface area (Å²) >= 11 is 3.65. The van der Waals surface area contributed by atoms with Gasteiger partial charge in [0.05, 0.1) is 12.7 Å². The Morgan fingerprint density at radius 3 is 2.52 bits per heavy atom. The molecule has 1 heterocycles. The maximum absolute atomic E-state index is 13.8. The van der Waals surface area contributed by atoms with Crippen molar-refractivity contribution >= 4 is 39.5 Å². The van der Waals surface area contributed by atoms with Crippen LogP contribution in [0.5, 0.6) is 0 Å². The predicted octanol–water partition coefficient (Wildman–Crippen LogP) is 4.90. The number of carbonyl (C=O) groups is 3. The second-order valence-corrected chi connectivity index (χ2v) is 10.8. The number of hydrogen-bond donors (Lipinski definition) is 1. The highest BCUT2D eigenvalue weighted by atomic mass is 79.9. The van der Waals surface area contributed by atoms with Crippen LogP contribution in [0.25, 0.3) is 0 Å². The minimum absolute atomic E-state index is 0.00325. The molecule has 0 radical (unpaired) electrons. The van der Waals surface area contributed by atoms with E-state index in [0.29, 0.717) is 18.5 Å². The smallest absolute Gasteiger partial charge is 0.406 e. The van der Waals surface area contributed by atoms with Gasteiger partial charge in [0.15, 0.2) is 0 Å². The van der Waals surface area contributed by atoms with Gasteiger partial charge in [0.2, 0.25) is 5.91 Å². The number of ether oxygens (including phenoxy) is 1. The number of methoxy groups -OCH3 is 1. The maximum Gasteiger partial charge on any atom is 0.406 e. The minimum Gasteiger partial charge on any atom is -0.453 e. The molecule has 1 aliphatic heterocycles. The van der Waals surface area contributed by atoms with E-state index in [4.69, 9.17) is 0 Å². The summed E-state index contributed by atoms with van der Waals surface area (Å²) in [5, 5.41) is 2.64. The first-order valence-electron chi connectivity index (χ1n) is 11.9. The molecule has 0 unspecified atom stereocenters. The molecule has 33 heavy (non-hydrogen) atoms. The fourth-order valence-electron chi connectivity index (χ4n) is 5.07. The Morgan fingerprint density at radius 1 is 1.24 bits per heavy atom. The number of fused-ring (bicyclic) bond motifs is 1. The van der Waals surface area contributed by atoms with Gasteiger partial charge in [-0.15, -0.1) is 0 Å². The quantitative estimate of drug-likeness (QED) is 0.577. The van der Waals surface area contributed by atoms with E-state index in [9.17, 15) is 14.4 Å². The van der Waals surface area contributed by atoms with Crippen molar-refractivity contribution in [1.29, 1.82) is 0 Å². The molecule has 2 aliphatic rings.